The maximum absolute atomic E-state index is 11.7. The predicted molar refractivity (Wildman–Crippen MR) is 69.9 cm³/mol. The van der Waals surface area contributed by atoms with Gasteiger partial charge in [-0.15, -0.1) is 0 Å². The fourth-order valence-corrected chi connectivity index (χ4v) is 2.83. The molecule has 0 saturated heterocycles. The first-order chi connectivity index (χ1) is 7.47. The van der Waals surface area contributed by atoms with Crippen LogP contribution in [-0.2, 0) is 10.2 Å². The van der Waals surface area contributed by atoms with E-state index in [1.807, 2.05) is 13.8 Å². The summed E-state index contributed by atoms with van der Waals surface area (Å²) in [5.74, 6) is 0. The Balaban J connectivity index is 4.27. The zero-order chi connectivity index (χ0) is 13.7. The van der Waals surface area contributed by atoms with Gasteiger partial charge < -0.3 is 5.11 Å². The van der Waals surface area contributed by atoms with Crippen molar-refractivity contribution in [2.75, 3.05) is 13.2 Å². The minimum absolute atomic E-state index is 0.135. The Morgan fingerprint density at radius 2 is 1.65 bits per heavy atom. The van der Waals surface area contributed by atoms with Crippen molar-refractivity contribution in [1.82, 2.24) is 9.44 Å². The van der Waals surface area contributed by atoms with Crippen molar-refractivity contribution >= 4 is 10.2 Å². The Bertz CT molecular complexity index is 318. The summed E-state index contributed by atoms with van der Waals surface area (Å²) >= 11 is 0. The summed E-state index contributed by atoms with van der Waals surface area (Å²) in [6, 6.07) is 0. The molecule has 0 heterocycles. The summed E-state index contributed by atoms with van der Waals surface area (Å²) in [5.41, 5.74) is -0.642. The molecular formula is C11H26N2O3S. The molecule has 0 unspecified atom stereocenters. The third-order valence-corrected chi connectivity index (χ3v) is 3.60. The first-order valence-electron chi connectivity index (χ1n) is 5.87. The van der Waals surface area contributed by atoms with Gasteiger partial charge in [0.25, 0.3) is 10.2 Å². The van der Waals surface area contributed by atoms with Crippen LogP contribution < -0.4 is 9.44 Å². The van der Waals surface area contributed by atoms with E-state index in [9.17, 15) is 8.42 Å². The fourth-order valence-electron chi connectivity index (χ4n) is 1.38. The molecule has 6 heteroatoms. The molecule has 0 rings (SSSR count). The maximum Gasteiger partial charge on any atom is 0.277 e. The van der Waals surface area contributed by atoms with Gasteiger partial charge >= 0.3 is 0 Å². The lowest BCUT2D eigenvalue weighted by molar-refractivity contribution is 0.242. The van der Waals surface area contributed by atoms with E-state index in [0.717, 1.165) is 6.42 Å². The number of aliphatic hydroxyl groups excluding tert-OH is 1. The monoisotopic (exact) mass is 266 g/mol. The van der Waals surface area contributed by atoms with Gasteiger partial charge in [-0.3, -0.25) is 0 Å². The molecule has 5 nitrogen and oxygen atoms in total. The molecule has 0 radical (unpaired) electrons. The second-order valence-electron chi connectivity index (χ2n) is 6.17. The van der Waals surface area contributed by atoms with Gasteiger partial charge in [-0.2, -0.15) is 13.1 Å². The molecule has 104 valence electrons. The van der Waals surface area contributed by atoms with Crippen LogP contribution in [0, 0.1) is 5.41 Å². The van der Waals surface area contributed by atoms with Crippen LogP contribution >= 0.6 is 0 Å². The van der Waals surface area contributed by atoms with Crippen LogP contribution in [0.15, 0.2) is 0 Å². The fraction of sp³-hybridized carbons (Fsp3) is 1.00. The molecule has 0 aromatic carbocycles. The highest BCUT2D eigenvalue weighted by atomic mass is 32.2. The highest BCUT2D eigenvalue weighted by Crippen LogP contribution is 2.21. The van der Waals surface area contributed by atoms with Gasteiger partial charge in [0.1, 0.15) is 0 Å². The summed E-state index contributed by atoms with van der Waals surface area (Å²) in [4.78, 5) is 0. The molecule has 0 amide bonds. The number of rotatable bonds is 7. The topological polar surface area (TPSA) is 78.4 Å². The zero-order valence-corrected chi connectivity index (χ0v) is 12.3. The molecule has 0 aliphatic rings. The van der Waals surface area contributed by atoms with Crippen LogP contribution in [-0.4, -0.2) is 32.2 Å². The van der Waals surface area contributed by atoms with Crippen molar-refractivity contribution in [3.63, 3.8) is 0 Å². The quantitative estimate of drug-likeness (QED) is 0.643. The summed E-state index contributed by atoms with van der Waals surface area (Å²) in [7, 11) is -3.46. The summed E-state index contributed by atoms with van der Waals surface area (Å²) in [6.07, 6.45) is 1.46. The van der Waals surface area contributed by atoms with E-state index in [1.54, 1.807) is 20.8 Å². The molecule has 0 fully saturated rings. The van der Waals surface area contributed by atoms with E-state index in [2.05, 4.69) is 9.44 Å². The van der Waals surface area contributed by atoms with Crippen molar-refractivity contribution in [1.29, 1.82) is 0 Å². The van der Waals surface area contributed by atoms with E-state index in [0.29, 0.717) is 13.0 Å². The van der Waals surface area contributed by atoms with Crippen LogP contribution in [0.1, 0.15) is 47.5 Å². The second-order valence-corrected chi connectivity index (χ2v) is 7.67. The van der Waals surface area contributed by atoms with Crippen molar-refractivity contribution in [3.8, 4) is 0 Å². The normalized spacial score (nSPS) is 14.0. The molecule has 0 saturated carbocycles. The summed E-state index contributed by atoms with van der Waals surface area (Å²) in [5, 5.41) is 8.76. The lowest BCUT2D eigenvalue weighted by atomic mass is 9.88. The standard InChI is InChI=1S/C11H26N2O3S/c1-10(2,3)13-17(15,16)12-9-11(4,5)7-6-8-14/h12-14H,6-9H2,1-5H3. The average Bonchev–Trinajstić information content (AvgIpc) is 2.08. The highest BCUT2D eigenvalue weighted by Gasteiger charge is 2.23. The molecule has 0 aromatic rings. The highest BCUT2D eigenvalue weighted by molar-refractivity contribution is 7.87. The van der Waals surface area contributed by atoms with E-state index < -0.39 is 15.7 Å². The predicted octanol–water partition coefficient (Wildman–Crippen LogP) is 1.01. The van der Waals surface area contributed by atoms with Gasteiger partial charge in [-0.25, -0.2) is 4.72 Å². The molecule has 0 atom stereocenters. The molecule has 0 aliphatic carbocycles. The van der Waals surface area contributed by atoms with E-state index in [-0.39, 0.29) is 12.0 Å². The molecule has 0 spiro atoms. The van der Waals surface area contributed by atoms with Crippen molar-refractivity contribution in [3.05, 3.63) is 0 Å². The summed E-state index contributed by atoms with van der Waals surface area (Å²) < 4.78 is 28.5. The van der Waals surface area contributed by atoms with Crippen LogP contribution in [0.5, 0.6) is 0 Å². The molecule has 3 N–H and O–H groups in total. The van der Waals surface area contributed by atoms with Gasteiger partial charge in [0.15, 0.2) is 0 Å². The Labute approximate surface area is 105 Å². The zero-order valence-electron chi connectivity index (χ0n) is 11.5. The maximum atomic E-state index is 11.7. The lowest BCUT2D eigenvalue weighted by Gasteiger charge is -2.26. The minimum Gasteiger partial charge on any atom is -0.396 e. The third kappa shape index (κ3) is 9.52. The Morgan fingerprint density at radius 1 is 1.12 bits per heavy atom. The SMILES string of the molecule is CC(C)(CCCO)CNS(=O)(=O)NC(C)(C)C. The molecule has 0 aromatic heterocycles. The van der Waals surface area contributed by atoms with Crippen LogP contribution in [0.2, 0.25) is 0 Å². The third-order valence-electron chi connectivity index (χ3n) is 2.19. The van der Waals surface area contributed by atoms with E-state index >= 15 is 0 Å². The number of aliphatic hydroxyl groups is 1. The van der Waals surface area contributed by atoms with Gasteiger partial charge in [0.2, 0.25) is 0 Å². The largest absolute Gasteiger partial charge is 0.396 e. The van der Waals surface area contributed by atoms with E-state index in [1.165, 1.54) is 0 Å². The van der Waals surface area contributed by atoms with Crippen LogP contribution in [0.3, 0.4) is 0 Å². The van der Waals surface area contributed by atoms with Crippen molar-refractivity contribution < 1.29 is 13.5 Å². The minimum atomic E-state index is -3.46. The molecule has 0 aliphatic heterocycles. The van der Waals surface area contributed by atoms with Crippen molar-refractivity contribution in [2.24, 2.45) is 5.41 Å². The lowest BCUT2D eigenvalue weighted by Crippen LogP contribution is -2.48. The van der Waals surface area contributed by atoms with Gasteiger partial charge in [0, 0.05) is 18.7 Å². The molecule has 0 bridgehead atoms. The first-order valence-corrected chi connectivity index (χ1v) is 7.35. The second kappa shape index (κ2) is 6.13. The van der Waals surface area contributed by atoms with Gasteiger partial charge in [-0.05, 0) is 39.0 Å². The Morgan fingerprint density at radius 3 is 2.06 bits per heavy atom. The first kappa shape index (κ1) is 16.8. The van der Waals surface area contributed by atoms with Crippen LogP contribution in [0.4, 0.5) is 0 Å². The summed E-state index contributed by atoms with van der Waals surface area (Å²) in [6.45, 7) is 9.83. The molecule has 17 heavy (non-hydrogen) atoms. The molecular weight excluding hydrogens is 240 g/mol. The van der Waals surface area contributed by atoms with E-state index in [4.69, 9.17) is 5.11 Å². The van der Waals surface area contributed by atoms with Crippen molar-refractivity contribution in [2.45, 2.75) is 53.0 Å². The average molecular weight is 266 g/mol. The van der Waals surface area contributed by atoms with Gasteiger partial charge in [0.05, 0.1) is 0 Å². The van der Waals surface area contributed by atoms with Crippen LogP contribution in [0.25, 0.3) is 0 Å². The van der Waals surface area contributed by atoms with Gasteiger partial charge in [-0.1, -0.05) is 13.8 Å². The number of nitrogens with one attached hydrogen (secondary N) is 2. The smallest absolute Gasteiger partial charge is 0.277 e. The number of hydrogen-bond acceptors (Lipinski definition) is 3. The Kier molecular flexibility index (Phi) is 6.07. The Hall–Kier alpha value is -0.170. The number of hydrogen-bond donors (Lipinski definition) is 3.